The summed E-state index contributed by atoms with van der Waals surface area (Å²) in [5.74, 6) is 0.801. The second-order valence-corrected chi connectivity index (χ2v) is 6.05. The zero-order valence-corrected chi connectivity index (χ0v) is 14.3. The monoisotopic (exact) mass is 368 g/mol. The van der Waals surface area contributed by atoms with Gasteiger partial charge in [-0.2, -0.15) is 0 Å². The van der Waals surface area contributed by atoms with E-state index in [2.05, 4.69) is 21.2 Å². The highest BCUT2D eigenvalue weighted by Crippen LogP contribution is 2.30. The van der Waals surface area contributed by atoms with Gasteiger partial charge in [0, 0.05) is 21.7 Å². The highest BCUT2D eigenvalue weighted by Gasteiger charge is 2.14. The second-order valence-electron chi connectivity index (χ2n) is 4.78. The van der Waals surface area contributed by atoms with E-state index in [9.17, 15) is 0 Å². The number of ether oxygens (including phenoxy) is 1. The Balaban J connectivity index is 2.29. The molecule has 112 valence electrons. The number of rotatable bonds is 5. The van der Waals surface area contributed by atoms with Crippen molar-refractivity contribution in [1.29, 1.82) is 0 Å². The first-order valence-corrected chi connectivity index (χ1v) is 7.78. The number of anilines is 1. The quantitative estimate of drug-likeness (QED) is 0.814. The standard InChI is InChI=1S/C16H18BrClN2O/c1-10-3-4-11(7-15(10)18)20-16(9-19)13-8-12(21-2)5-6-14(13)17/h3-8,16,20H,9,19H2,1-2H3. The van der Waals surface area contributed by atoms with Crippen molar-refractivity contribution in [2.45, 2.75) is 13.0 Å². The smallest absolute Gasteiger partial charge is 0.119 e. The summed E-state index contributed by atoms with van der Waals surface area (Å²) in [5, 5.41) is 4.15. The zero-order valence-electron chi connectivity index (χ0n) is 12.0. The molecule has 0 aliphatic carbocycles. The molecule has 0 saturated heterocycles. The molecule has 0 radical (unpaired) electrons. The first-order valence-electron chi connectivity index (χ1n) is 6.61. The Morgan fingerprint density at radius 3 is 2.67 bits per heavy atom. The SMILES string of the molecule is COc1ccc(Br)c(C(CN)Nc2ccc(C)c(Cl)c2)c1. The van der Waals surface area contributed by atoms with Crippen LogP contribution in [0.2, 0.25) is 5.02 Å². The Morgan fingerprint density at radius 2 is 2.05 bits per heavy atom. The maximum Gasteiger partial charge on any atom is 0.119 e. The summed E-state index contributed by atoms with van der Waals surface area (Å²) in [6.45, 7) is 2.43. The summed E-state index contributed by atoms with van der Waals surface area (Å²) in [4.78, 5) is 0. The van der Waals surface area contributed by atoms with Crippen molar-refractivity contribution in [2.24, 2.45) is 5.73 Å². The molecule has 0 heterocycles. The van der Waals surface area contributed by atoms with E-state index in [-0.39, 0.29) is 6.04 Å². The highest BCUT2D eigenvalue weighted by molar-refractivity contribution is 9.10. The second kappa shape index (κ2) is 7.16. The van der Waals surface area contributed by atoms with Crippen LogP contribution in [-0.2, 0) is 0 Å². The number of nitrogens with one attached hydrogen (secondary N) is 1. The molecule has 0 aromatic heterocycles. The molecular weight excluding hydrogens is 352 g/mol. The Kier molecular flexibility index (Phi) is 5.51. The van der Waals surface area contributed by atoms with Gasteiger partial charge in [-0.3, -0.25) is 0 Å². The number of nitrogens with two attached hydrogens (primary N) is 1. The van der Waals surface area contributed by atoms with E-state index in [1.807, 2.05) is 43.3 Å². The highest BCUT2D eigenvalue weighted by atomic mass is 79.9. The lowest BCUT2D eigenvalue weighted by atomic mass is 10.1. The number of aryl methyl sites for hydroxylation is 1. The fourth-order valence-electron chi connectivity index (χ4n) is 2.06. The van der Waals surface area contributed by atoms with Crippen LogP contribution in [0.15, 0.2) is 40.9 Å². The summed E-state index contributed by atoms with van der Waals surface area (Å²) >= 11 is 9.73. The maximum atomic E-state index is 6.16. The van der Waals surface area contributed by atoms with Crippen LogP contribution >= 0.6 is 27.5 Å². The van der Waals surface area contributed by atoms with Crippen molar-refractivity contribution in [3.8, 4) is 5.75 Å². The third-order valence-electron chi connectivity index (χ3n) is 3.33. The van der Waals surface area contributed by atoms with E-state index in [0.717, 1.165) is 32.1 Å². The number of hydrogen-bond acceptors (Lipinski definition) is 3. The van der Waals surface area contributed by atoms with Crippen LogP contribution in [0.3, 0.4) is 0 Å². The van der Waals surface area contributed by atoms with E-state index in [1.54, 1.807) is 7.11 Å². The Hall–Kier alpha value is -1.23. The molecule has 1 atom stereocenters. The van der Waals surface area contributed by atoms with Crippen molar-refractivity contribution in [1.82, 2.24) is 0 Å². The normalized spacial score (nSPS) is 12.0. The van der Waals surface area contributed by atoms with Crippen molar-refractivity contribution >= 4 is 33.2 Å². The van der Waals surface area contributed by atoms with Crippen LogP contribution in [0.5, 0.6) is 5.75 Å². The minimum Gasteiger partial charge on any atom is -0.497 e. The van der Waals surface area contributed by atoms with Crippen molar-refractivity contribution < 1.29 is 4.74 Å². The van der Waals surface area contributed by atoms with Crippen LogP contribution in [0, 0.1) is 6.92 Å². The van der Waals surface area contributed by atoms with Gasteiger partial charge in [0.15, 0.2) is 0 Å². The van der Waals surface area contributed by atoms with E-state index >= 15 is 0 Å². The molecule has 0 amide bonds. The Morgan fingerprint density at radius 1 is 1.29 bits per heavy atom. The summed E-state index contributed by atoms with van der Waals surface area (Å²) in [6.07, 6.45) is 0. The molecule has 5 heteroatoms. The fourth-order valence-corrected chi connectivity index (χ4v) is 2.77. The largest absolute Gasteiger partial charge is 0.497 e. The zero-order chi connectivity index (χ0) is 15.4. The lowest BCUT2D eigenvalue weighted by Gasteiger charge is -2.21. The van der Waals surface area contributed by atoms with E-state index in [0.29, 0.717) is 6.54 Å². The molecule has 0 fully saturated rings. The molecule has 21 heavy (non-hydrogen) atoms. The number of halogens is 2. The number of benzene rings is 2. The van der Waals surface area contributed by atoms with Gasteiger partial charge in [0.05, 0.1) is 13.2 Å². The van der Waals surface area contributed by atoms with Gasteiger partial charge in [-0.05, 0) is 48.4 Å². The predicted octanol–water partition coefficient (Wildman–Crippen LogP) is 4.53. The molecule has 0 aliphatic heterocycles. The van der Waals surface area contributed by atoms with Crippen molar-refractivity contribution in [2.75, 3.05) is 19.0 Å². The molecule has 0 aliphatic rings. The van der Waals surface area contributed by atoms with Gasteiger partial charge < -0.3 is 15.8 Å². The van der Waals surface area contributed by atoms with Crippen LogP contribution in [0.4, 0.5) is 5.69 Å². The van der Waals surface area contributed by atoms with E-state index in [1.165, 1.54) is 0 Å². The molecule has 2 aromatic rings. The van der Waals surface area contributed by atoms with Gasteiger partial charge in [0.1, 0.15) is 5.75 Å². The van der Waals surface area contributed by atoms with Gasteiger partial charge in [0.2, 0.25) is 0 Å². The molecule has 3 N–H and O–H groups in total. The Labute approximate surface area is 138 Å². The molecule has 2 rings (SSSR count). The average Bonchev–Trinajstić information content (AvgIpc) is 2.49. The molecular formula is C16H18BrClN2O. The summed E-state index contributed by atoms with van der Waals surface area (Å²) < 4.78 is 6.27. The van der Waals surface area contributed by atoms with Gasteiger partial charge >= 0.3 is 0 Å². The van der Waals surface area contributed by atoms with Crippen molar-refractivity contribution in [3.63, 3.8) is 0 Å². The predicted molar refractivity (Wildman–Crippen MR) is 92.3 cm³/mol. The summed E-state index contributed by atoms with van der Waals surface area (Å²) in [6, 6.07) is 11.7. The summed E-state index contributed by atoms with van der Waals surface area (Å²) in [5.41, 5.74) is 8.96. The molecule has 3 nitrogen and oxygen atoms in total. The minimum atomic E-state index is -0.0340. The number of methoxy groups -OCH3 is 1. The molecule has 1 unspecified atom stereocenters. The molecule has 0 spiro atoms. The van der Waals surface area contributed by atoms with Gasteiger partial charge in [0.25, 0.3) is 0 Å². The van der Waals surface area contributed by atoms with Gasteiger partial charge in [-0.25, -0.2) is 0 Å². The third-order valence-corrected chi connectivity index (χ3v) is 4.46. The van der Waals surface area contributed by atoms with Gasteiger partial charge in [-0.1, -0.05) is 33.6 Å². The van der Waals surface area contributed by atoms with Gasteiger partial charge in [-0.15, -0.1) is 0 Å². The molecule has 0 bridgehead atoms. The maximum absolute atomic E-state index is 6.16. The lowest BCUT2D eigenvalue weighted by molar-refractivity contribution is 0.414. The van der Waals surface area contributed by atoms with Crippen LogP contribution in [-0.4, -0.2) is 13.7 Å². The lowest BCUT2D eigenvalue weighted by Crippen LogP contribution is -2.21. The van der Waals surface area contributed by atoms with E-state index < -0.39 is 0 Å². The molecule has 0 saturated carbocycles. The van der Waals surface area contributed by atoms with Crippen LogP contribution in [0.1, 0.15) is 17.2 Å². The third kappa shape index (κ3) is 3.90. The average molecular weight is 370 g/mol. The minimum absolute atomic E-state index is 0.0340. The fraction of sp³-hybridized carbons (Fsp3) is 0.250. The summed E-state index contributed by atoms with van der Waals surface area (Å²) in [7, 11) is 1.65. The van der Waals surface area contributed by atoms with Crippen LogP contribution < -0.4 is 15.8 Å². The Bertz CT molecular complexity index is 634. The first kappa shape index (κ1) is 16.1. The first-order chi connectivity index (χ1) is 10.0. The number of hydrogen-bond donors (Lipinski definition) is 2. The van der Waals surface area contributed by atoms with Crippen molar-refractivity contribution in [3.05, 3.63) is 57.0 Å². The van der Waals surface area contributed by atoms with Crippen LogP contribution in [0.25, 0.3) is 0 Å². The molecule has 2 aromatic carbocycles. The van der Waals surface area contributed by atoms with E-state index in [4.69, 9.17) is 22.1 Å². The topological polar surface area (TPSA) is 47.3 Å².